The van der Waals surface area contributed by atoms with Crippen molar-refractivity contribution in [2.45, 2.75) is 38.1 Å². The lowest BCUT2D eigenvalue weighted by Gasteiger charge is -2.15. The monoisotopic (exact) mass is 297 g/mol. The molecule has 10 nitrogen and oxygen atoms in total. The molecule has 1 heterocycles. The van der Waals surface area contributed by atoms with Crippen molar-refractivity contribution in [1.82, 2.24) is 25.5 Å². The van der Waals surface area contributed by atoms with Gasteiger partial charge in [0.25, 0.3) is 0 Å². The van der Waals surface area contributed by atoms with Crippen LogP contribution < -0.4 is 16.8 Å². The van der Waals surface area contributed by atoms with Gasteiger partial charge in [-0.05, 0) is 18.1 Å². The van der Waals surface area contributed by atoms with Gasteiger partial charge < -0.3 is 16.8 Å². The van der Waals surface area contributed by atoms with Gasteiger partial charge in [0.2, 0.25) is 5.91 Å². The molecule has 5 N–H and O–H groups in total. The zero-order chi connectivity index (χ0) is 16.0. The van der Waals surface area contributed by atoms with Gasteiger partial charge in [0.05, 0.1) is 12.0 Å². The van der Waals surface area contributed by atoms with E-state index in [1.165, 1.54) is 7.05 Å². The summed E-state index contributed by atoms with van der Waals surface area (Å²) < 4.78 is 0. The number of nitrogens with one attached hydrogen (secondary N) is 1. The summed E-state index contributed by atoms with van der Waals surface area (Å²) >= 11 is 0. The maximum Gasteiger partial charge on any atom is 0.360 e. The standard InChI is InChI=1S/C11H19N7O3/c1-3-6(9(20)7(12)4-5-8(13)19)10-15-17-18(16-10)11(21)14-2/h6-7H,3-5,12H2,1-2H3,(H2,13,19)(H,14,21)/t6?,7-/m0/s1. The first kappa shape index (κ1) is 16.7. The number of Topliss-reactive ketones (excluding diaryl/α,β-unsaturated/α-hetero) is 1. The van der Waals surface area contributed by atoms with Gasteiger partial charge >= 0.3 is 6.03 Å². The molecule has 10 heteroatoms. The van der Waals surface area contributed by atoms with Crippen LogP contribution in [0.1, 0.15) is 37.9 Å². The van der Waals surface area contributed by atoms with Crippen LogP contribution in [0.5, 0.6) is 0 Å². The zero-order valence-corrected chi connectivity index (χ0v) is 11.9. The molecule has 2 atom stereocenters. The van der Waals surface area contributed by atoms with E-state index in [2.05, 4.69) is 20.7 Å². The van der Waals surface area contributed by atoms with Crippen LogP contribution >= 0.6 is 0 Å². The van der Waals surface area contributed by atoms with Crippen LogP contribution in [0.3, 0.4) is 0 Å². The molecule has 0 radical (unpaired) electrons. The van der Waals surface area contributed by atoms with Crippen LogP contribution in [0, 0.1) is 0 Å². The number of rotatable bonds is 7. The summed E-state index contributed by atoms with van der Waals surface area (Å²) in [5, 5.41) is 13.5. The summed E-state index contributed by atoms with van der Waals surface area (Å²) in [5.41, 5.74) is 10.8. The van der Waals surface area contributed by atoms with Crippen LogP contribution in [0.4, 0.5) is 4.79 Å². The van der Waals surface area contributed by atoms with Crippen molar-refractivity contribution in [1.29, 1.82) is 0 Å². The number of primary amides is 1. The van der Waals surface area contributed by atoms with Gasteiger partial charge in [0.15, 0.2) is 11.6 Å². The number of carbonyl (C=O) groups is 3. The Balaban J connectivity index is 2.81. The molecule has 0 aliphatic carbocycles. The van der Waals surface area contributed by atoms with Crippen LogP contribution in [-0.4, -0.2) is 51.0 Å². The molecule has 1 aromatic heterocycles. The maximum atomic E-state index is 12.2. The minimum absolute atomic E-state index is 0.0295. The predicted molar refractivity (Wildman–Crippen MR) is 72.1 cm³/mol. The smallest absolute Gasteiger partial charge is 0.360 e. The topological polar surface area (TPSA) is 159 Å². The molecule has 1 aromatic rings. The molecule has 0 aliphatic heterocycles. The number of tetrazole rings is 1. The third-order valence-electron chi connectivity index (χ3n) is 2.96. The fourth-order valence-electron chi connectivity index (χ4n) is 1.76. The number of hydrogen-bond donors (Lipinski definition) is 3. The Hall–Kier alpha value is -2.36. The van der Waals surface area contributed by atoms with E-state index >= 15 is 0 Å². The van der Waals surface area contributed by atoms with E-state index in [0.29, 0.717) is 6.42 Å². The van der Waals surface area contributed by atoms with Gasteiger partial charge in [-0.1, -0.05) is 11.7 Å². The van der Waals surface area contributed by atoms with Gasteiger partial charge in [-0.25, -0.2) is 4.79 Å². The molecule has 0 saturated heterocycles. The maximum absolute atomic E-state index is 12.2. The number of nitrogens with zero attached hydrogens (tertiary/aromatic N) is 4. The van der Waals surface area contributed by atoms with E-state index in [-0.39, 0.29) is 24.4 Å². The fourth-order valence-corrected chi connectivity index (χ4v) is 1.76. The Morgan fingerprint density at radius 2 is 2.05 bits per heavy atom. The van der Waals surface area contributed by atoms with Crippen molar-refractivity contribution in [2.75, 3.05) is 7.05 Å². The van der Waals surface area contributed by atoms with Crippen molar-refractivity contribution in [3.8, 4) is 0 Å². The molecule has 0 saturated carbocycles. The average Bonchev–Trinajstić information content (AvgIpc) is 2.94. The zero-order valence-electron chi connectivity index (χ0n) is 11.9. The second kappa shape index (κ2) is 7.43. The van der Waals surface area contributed by atoms with Crippen molar-refractivity contribution >= 4 is 17.7 Å². The van der Waals surface area contributed by atoms with Crippen molar-refractivity contribution in [3.63, 3.8) is 0 Å². The van der Waals surface area contributed by atoms with Crippen molar-refractivity contribution in [2.24, 2.45) is 11.5 Å². The number of carbonyl (C=O) groups excluding carboxylic acids is 3. The molecule has 0 fully saturated rings. The second-order valence-corrected chi connectivity index (χ2v) is 4.47. The Labute approximate surface area is 121 Å². The highest BCUT2D eigenvalue weighted by molar-refractivity contribution is 5.90. The molecular formula is C11H19N7O3. The first-order valence-electron chi connectivity index (χ1n) is 6.50. The third kappa shape index (κ3) is 4.31. The molecular weight excluding hydrogens is 278 g/mol. The highest BCUT2D eigenvalue weighted by atomic mass is 16.2. The molecule has 1 rings (SSSR count). The number of hydrogen-bond acceptors (Lipinski definition) is 7. The molecule has 0 aliphatic rings. The highest BCUT2D eigenvalue weighted by Crippen LogP contribution is 2.18. The SMILES string of the molecule is CCC(C(=O)[C@@H](N)CCC(N)=O)c1nnn(C(=O)NC)n1. The van der Waals surface area contributed by atoms with E-state index in [1.807, 2.05) is 0 Å². The van der Waals surface area contributed by atoms with Gasteiger partial charge in [0, 0.05) is 13.5 Å². The van der Waals surface area contributed by atoms with Crippen LogP contribution in [0.25, 0.3) is 0 Å². The number of ketones is 1. The first-order valence-corrected chi connectivity index (χ1v) is 6.50. The summed E-state index contributed by atoms with van der Waals surface area (Å²) in [6.07, 6.45) is 0.596. The third-order valence-corrected chi connectivity index (χ3v) is 2.96. The van der Waals surface area contributed by atoms with E-state index in [4.69, 9.17) is 11.5 Å². The minimum atomic E-state index is -0.839. The Morgan fingerprint density at radius 3 is 2.57 bits per heavy atom. The molecule has 116 valence electrons. The summed E-state index contributed by atoms with van der Waals surface area (Å²) in [6.45, 7) is 1.77. The lowest BCUT2D eigenvalue weighted by atomic mass is 9.93. The Morgan fingerprint density at radius 1 is 1.38 bits per heavy atom. The Bertz CT molecular complexity index is 528. The largest absolute Gasteiger partial charge is 0.370 e. The van der Waals surface area contributed by atoms with Gasteiger partial charge in [-0.15, -0.1) is 10.2 Å². The van der Waals surface area contributed by atoms with E-state index < -0.39 is 23.9 Å². The van der Waals surface area contributed by atoms with E-state index in [9.17, 15) is 14.4 Å². The van der Waals surface area contributed by atoms with Gasteiger partial charge in [0.1, 0.15) is 0 Å². The number of nitrogens with two attached hydrogens (primary N) is 2. The lowest BCUT2D eigenvalue weighted by molar-refractivity contribution is -0.122. The number of amides is 2. The van der Waals surface area contributed by atoms with Gasteiger partial charge in [-0.2, -0.15) is 0 Å². The summed E-state index contributed by atoms with van der Waals surface area (Å²) in [5.74, 6) is -1.38. The minimum Gasteiger partial charge on any atom is -0.370 e. The summed E-state index contributed by atoms with van der Waals surface area (Å²) in [4.78, 5) is 35.1. The molecule has 1 unspecified atom stereocenters. The molecule has 0 aromatic carbocycles. The van der Waals surface area contributed by atoms with E-state index in [1.54, 1.807) is 6.92 Å². The van der Waals surface area contributed by atoms with E-state index in [0.717, 1.165) is 4.80 Å². The second-order valence-electron chi connectivity index (χ2n) is 4.47. The summed E-state index contributed by atoms with van der Waals surface area (Å²) in [6, 6.07) is -1.40. The average molecular weight is 297 g/mol. The van der Waals surface area contributed by atoms with Crippen LogP contribution in [-0.2, 0) is 9.59 Å². The number of aromatic nitrogens is 4. The fraction of sp³-hybridized carbons (Fsp3) is 0.636. The predicted octanol–water partition coefficient (Wildman–Crippen LogP) is -1.48. The highest BCUT2D eigenvalue weighted by Gasteiger charge is 2.28. The normalized spacial score (nSPS) is 13.5. The quantitative estimate of drug-likeness (QED) is 0.553. The van der Waals surface area contributed by atoms with Crippen molar-refractivity contribution < 1.29 is 14.4 Å². The van der Waals surface area contributed by atoms with Crippen LogP contribution in [0.15, 0.2) is 0 Å². The lowest BCUT2D eigenvalue weighted by Crippen LogP contribution is -2.36. The van der Waals surface area contributed by atoms with Crippen molar-refractivity contribution in [3.05, 3.63) is 5.82 Å². The molecule has 21 heavy (non-hydrogen) atoms. The molecule has 2 amide bonds. The first-order chi connectivity index (χ1) is 9.90. The molecule has 0 spiro atoms. The van der Waals surface area contributed by atoms with Gasteiger partial charge in [-0.3, -0.25) is 9.59 Å². The Kier molecular flexibility index (Phi) is 5.91. The summed E-state index contributed by atoms with van der Waals surface area (Å²) in [7, 11) is 1.42. The molecule has 0 bridgehead atoms. The van der Waals surface area contributed by atoms with Crippen LogP contribution in [0.2, 0.25) is 0 Å².